The van der Waals surface area contributed by atoms with Gasteiger partial charge in [0.05, 0.1) is 25.1 Å². The van der Waals surface area contributed by atoms with E-state index >= 15 is 0 Å². The van der Waals surface area contributed by atoms with Crippen molar-refractivity contribution in [2.24, 2.45) is 0 Å². The number of benzene rings is 3. The highest BCUT2D eigenvalue weighted by atomic mass is 35.5. The lowest BCUT2D eigenvalue weighted by molar-refractivity contribution is -0.122. The van der Waals surface area contributed by atoms with Crippen LogP contribution in [0.3, 0.4) is 0 Å². The molecule has 0 unspecified atom stereocenters. The third-order valence-corrected chi connectivity index (χ3v) is 5.72. The minimum absolute atomic E-state index is 0.216. The van der Waals surface area contributed by atoms with Crippen molar-refractivity contribution >= 4 is 52.8 Å². The fourth-order valence-electron chi connectivity index (χ4n) is 3.75. The molecule has 1 aliphatic rings. The number of carbonyl (C=O) groups excluding carboxylic acids is 4. The van der Waals surface area contributed by atoms with Crippen LogP contribution in [0.1, 0.15) is 12.5 Å². The summed E-state index contributed by atoms with van der Waals surface area (Å²) in [7, 11) is 1.50. The quantitative estimate of drug-likeness (QED) is 0.299. The van der Waals surface area contributed by atoms with E-state index in [1.54, 1.807) is 61.5 Å². The molecule has 11 heteroatoms. The lowest BCUT2D eigenvalue weighted by atomic mass is 10.1. The molecule has 1 saturated heterocycles. The Bertz CT molecular complexity index is 1470. The highest BCUT2D eigenvalue weighted by Gasteiger charge is 2.36. The minimum Gasteiger partial charge on any atom is -0.495 e. The van der Waals surface area contributed by atoms with Crippen molar-refractivity contribution in [3.05, 3.63) is 82.9 Å². The number of carbonyl (C=O) groups is 4. The molecule has 1 fully saturated rings. The molecule has 0 spiro atoms. The second-order valence-corrected chi connectivity index (χ2v) is 8.55. The molecule has 0 radical (unpaired) electrons. The summed E-state index contributed by atoms with van der Waals surface area (Å²) in [5.41, 5.74) is 0.889. The number of rotatable bonds is 9. The number of imide groups is 2. The Balaban J connectivity index is 1.53. The van der Waals surface area contributed by atoms with Crippen LogP contribution >= 0.6 is 11.6 Å². The van der Waals surface area contributed by atoms with Gasteiger partial charge in [-0.15, -0.1) is 0 Å². The molecule has 0 bridgehead atoms. The maximum atomic E-state index is 13.1. The van der Waals surface area contributed by atoms with Gasteiger partial charge in [0.25, 0.3) is 17.7 Å². The number of ether oxygens (including phenoxy) is 3. The smallest absolute Gasteiger partial charge is 0.335 e. The van der Waals surface area contributed by atoms with Gasteiger partial charge in [-0.1, -0.05) is 35.9 Å². The van der Waals surface area contributed by atoms with E-state index in [2.05, 4.69) is 10.6 Å². The first-order valence-corrected chi connectivity index (χ1v) is 12.2. The zero-order valence-corrected chi connectivity index (χ0v) is 21.8. The lowest BCUT2D eigenvalue weighted by Crippen LogP contribution is -2.54. The third-order valence-electron chi connectivity index (χ3n) is 5.49. The summed E-state index contributed by atoms with van der Waals surface area (Å²) in [6, 6.07) is 16.9. The third kappa shape index (κ3) is 6.36. The zero-order valence-electron chi connectivity index (χ0n) is 21.0. The van der Waals surface area contributed by atoms with Crippen molar-refractivity contribution < 1.29 is 33.4 Å². The molecule has 0 aromatic heterocycles. The Hall–Kier alpha value is -4.83. The van der Waals surface area contributed by atoms with Crippen LogP contribution in [0.2, 0.25) is 5.02 Å². The first kappa shape index (κ1) is 27.2. The van der Waals surface area contributed by atoms with E-state index in [9.17, 15) is 19.2 Å². The molecule has 3 aromatic carbocycles. The van der Waals surface area contributed by atoms with Crippen LogP contribution in [0.25, 0.3) is 6.08 Å². The number of urea groups is 1. The molecule has 200 valence electrons. The summed E-state index contributed by atoms with van der Waals surface area (Å²) >= 11 is 6.01. The Kier molecular flexibility index (Phi) is 8.47. The Morgan fingerprint density at radius 2 is 1.77 bits per heavy atom. The monoisotopic (exact) mass is 549 g/mol. The van der Waals surface area contributed by atoms with Gasteiger partial charge in [0.2, 0.25) is 0 Å². The van der Waals surface area contributed by atoms with Gasteiger partial charge in [-0.25, -0.2) is 9.69 Å². The number of barbiturate groups is 1. The molecule has 5 amide bonds. The molecular weight excluding hydrogens is 526 g/mol. The Labute approximate surface area is 229 Å². The molecule has 1 aliphatic heterocycles. The van der Waals surface area contributed by atoms with E-state index in [-0.39, 0.29) is 23.6 Å². The molecule has 10 nitrogen and oxygen atoms in total. The first-order valence-electron chi connectivity index (χ1n) is 11.8. The fraction of sp³-hybridized carbons (Fsp3) is 0.143. The van der Waals surface area contributed by atoms with Gasteiger partial charge in [0, 0.05) is 5.02 Å². The molecule has 0 saturated carbocycles. The predicted octanol–water partition coefficient (Wildman–Crippen LogP) is 4.43. The van der Waals surface area contributed by atoms with Crippen LogP contribution in [-0.4, -0.2) is 44.1 Å². The van der Waals surface area contributed by atoms with Gasteiger partial charge in [-0.3, -0.25) is 19.7 Å². The maximum Gasteiger partial charge on any atom is 0.335 e. The van der Waals surface area contributed by atoms with E-state index < -0.39 is 23.8 Å². The van der Waals surface area contributed by atoms with Gasteiger partial charge in [-0.2, -0.15) is 0 Å². The second kappa shape index (κ2) is 12.1. The summed E-state index contributed by atoms with van der Waals surface area (Å²) in [5.74, 6) is -0.974. The summed E-state index contributed by atoms with van der Waals surface area (Å²) < 4.78 is 16.6. The number of para-hydroxylation sites is 2. The largest absolute Gasteiger partial charge is 0.495 e. The minimum atomic E-state index is -0.880. The molecule has 1 heterocycles. The van der Waals surface area contributed by atoms with Crippen LogP contribution in [0.15, 0.2) is 72.3 Å². The number of anilines is 2. The lowest BCUT2D eigenvalue weighted by Gasteiger charge is -2.26. The fourth-order valence-corrected chi connectivity index (χ4v) is 3.94. The van der Waals surface area contributed by atoms with Crippen molar-refractivity contribution in [3.8, 4) is 17.2 Å². The SMILES string of the molecule is CCOc1cc(/C=C2\C(=O)NC(=O)N(c3cccc(Cl)c3)C2=O)ccc1OCC(=O)Nc1ccccc1OC. The van der Waals surface area contributed by atoms with Crippen molar-refractivity contribution in [2.45, 2.75) is 6.92 Å². The summed E-state index contributed by atoms with van der Waals surface area (Å²) in [6.07, 6.45) is 1.34. The summed E-state index contributed by atoms with van der Waals surface area (Å²) in [4.78, 5) is 51.4. The van der Waals surface area contributed by atoms with E-state index in [1.165, 1.54) is 25.3 Å². The number of nitrogens with zero attached hydrogens (tertiary/aromatic N) is 1. The van der Waals surface area contributed by atoms with Crippen LogP contribution in [0.5, 0.6) is 17.2 Å². The van der Waals surface area contributed by atoms with Crippen LogP contribution < -0.4 is 29.7 Å². The highest BCUT2D eigenvalue weighted by Crippen LogP contribution is 2.31. The molecule has 4 rings (SSSR count). The van der Waals surface area contributed by atoms with E-state index in [1.807, 2.05) is 0 Å². The van der Waals surface area contributed by atoms with E-state index in [0.717, 1.165) is 4.90 Å². The second-order valence-electron chi connectivity index (χ2n) is 8.11. The van der Waals surface area contributed by atoms with Gasteiger partial charge < -0.3 is 19.5 Å². The molecule has 0 aliphatic carbocycles. The van der Waals surface area contributed by atoms with Crippen molar-refractivity contribution in [3.63, 3.8) is 0 Å². The van der Waals surface area contributed by atoms with Crippen molar-refractivity contribution in [2.75, 3.05) is 30.5 Å². The zero-order chi connectivity index (χ0) is 27.9. The van der Waals surface area contributed by atoms with Gasteiger partial charge in [0.1, 0.15) is 11.3 Å². The van der Waals surface area contributed by atoms with Crippen molar-refractivity contribution in [1.29, 1.82) is 0 Å². The van der Waals surface area contributed by atoms with E-state index in [4.69, 9.17) is 25.8 Å². The summed E-state index contributed by atoms with van der Waals surface area (Å²) in [6.45, 7) is 1.76. The number of nitrogens with one attached hydrogen (secondary N) is 2. The van der Waals surface area contributed by atoms with Crippen molar-refractivity contribution in [1.82, 2.24) is 5.32 Å². The average molecular weight is 550 g/mol. The summed E-state index contributed by atoms with van der Waals surface area (Å²) in [5, 5.41) is 5.21. The average Bonchev–Trinajstić information content (AvgIpc) is 2.91. The number of methoxy groups -OCH3 is 1. The maximum absolute atomic E-state index is 13.1. The Morgan fingerprint density at radius 3 is 2.51 bits per heavy atom. The molecule has 3 aromatic rings. The standard InChI is InChI=1S/C28H24ClN3O7/c1-3-38-24-14-17(11-12-23(24)39-16-25(33)30-21-9-4-5-10-22(21)37-2)13-20-26(34)31-28(36)32(27(20)35)19-8-6-7-18(29)15-19/h4-15H,3,16H2,1-2H3,(H,30,33)(H,31,34,36)/b20-13+. The van der Waals surface area contributed by atoms with Crippen LogP contribution in [-0.2, 0) is 14.4 Å². The number of hydrogen-bond acceptors (Lipinski definition) is 7. The number of hydrogen-bond donors (Lipinski definition) is 2. The highest BCUT2D eigenvalue weighted by molar-refractivity contribution is 6.39. The predicted molar refractivity (Wildman–Crippen MR) is 145 cm³/mol. The van der Waals surface area contributed by atoms with Crippen LogP contribution in [0.4, 0.5) is 16.2 Å². The molecule has 2 N–H and O–H groups in total. The van der Waals surface area contributed by atoms with Gasteiger partial charge in [-0.05, 0) is 61.0 Å². The van der Waals surface area contributed by atoms with Gasteiger partial charge in [0.15, 0.2) is 18.1 Å². The Morgan fingerprint density at radius 1 is 0.974 bits per heavy atom. The molecular formula is C28H24ClN3O7. The number of halogens is 1. The normalized spacial score (nSPS) is 14.2. The topological polar surface area (TPSA) is 123 Å². The first-order chi connectivity index (χ1) is 18.8. The van der Waals surface area contributed by atoms with Crippen LogP contribution in [0, 0.1) is 0 Å². The van der Waals surface area contributed by atoms with Gasteiger partial charge >= 0.3 is 6.03 Å². The van der Waals surface area contributed by atoms with E-state index in [0.29, 0.717) is 34.4 Å². The number of amides is 5. The molecule has 39 heavy (non-hydrogen) atoms. The molecule has 0 atom stereocenters.